The summed E-state index contributed by atoms with van der Waals surface area (Å²) in [6.07, 6.45) is 15.4. The molecule has 194 valence electrons. The largest absolute Gasteiger partial charge is 1.00 e. The van der Waals surface area contributed by atoms with Crippen LogP contribution in [0, 0.1) is 12.8 Å². The molecule has 4 rings (SSSR count). The normalized spacial score (nSPS) is 17.6. The molecule has 0 aliphatic heterocycles. The van der Waals surface area contributed by atoms with Gasteiger partial charge in [-0.1, -0.05) is 93.3 Å². The average Bonchev–Trinajstić information content (AvgIpc) is 3.50. The Bertz CT molecular complexity index is 1040. The van der Waals surface area contributed by atoms with Gasteiger partial charge in [0, 0.05) is 6.92 Å². The van der Waals surface area contributed by atoms with E-state index in [1.807, 2.05) is 36.4 Å². The Hall–Kier alpha value is -2.40. The second-order valence-corrected chi connectivity index (χ2v) is 10.3. The number of primary amides is 1. The molecule has 1 saturated carbocycles. The Morgan fingerprint density at radius 2 is 1.53 bits per heavy atom. The van der Waals surface area contributed by atoms with Gasteiger partial charge in [-0.2, -0.15) is 0 Å². The molecule has 1 heterocycles. The summed E-state index contributed by atoms with van der Waals surface area (Å²) in [6.45, 7) is 5.59. The highest BCUT2D eigenvalue weighted by Crippen LogP contribution is 2.49. The van der Waals surface area contributed by atoms with Crippen molar-refractivity contribution in [2.45, 2.75) is 89.6 Å². The Morgan fingerprint density at radius 3 is 2.11 bits per heavy atom. The number of halogens is 1. The predicted molar refractivity (Wildman–Crippen MR) is 142 cm³/mol. The second-order valence-electron chi connectivity index (χ2n) is 10.3. The zero-order valence-electron chi connectivity index (χ0n) is 21.9. The second kappa shape index (κ2) is 13.2. The van der Waals surface area contributed by atoms with Gasteiger partial charge in [0.05, 0.1) is 6.54 Å². The van der Waals surface area contributed by atoms with Crippen LogP contribution in [-0.4, -0.2) is 10.5 Å². The number of unbranched alkanes of at least 4 members (excludes halogenated alkanes) is 5. The molecule has 2 aromatic carbocycles. The van der Waals surface area contributed by atoms with E-state index in [2.05, 4.69) is 59.6 Å². The third kappa shape index (κ3) is 5.77. The summed E-state index contributed by atoms with van der Waals surface area (Å²) >= 11 is 0. The van der Waals surface area contributed by atoms with Crippen molar-refractivity contribution in [3.63, 3.8) is 0 Å². The maximum Gasteiger partial charge on any atom is 0.253 e. The SMILES string of the molecule is CCCCCCCC[n+]1ccn(C2CCC(C(C(N)=O)(c3ccccc3)c3ccccc3)C2)c1C.[Br-]. The van der Waals surface area contributed by atoms with Gasteiger partial charge in [0.25, 0.3) is 5.82 Å². The fraction of sp³-hybridized carbons (Fsp3) is 0.484. The number of hydrogen-bond donors (Lipinski definition) is 1. The highest BCUT2D eigenvalue weighted by Gasteiger charge is 2.51. The van der Waals surface area contributed by atoms with E-state index in [1.165, 1.54) is 44.3 Å². The number of rotatable bonds is 12. The molecule has 0 radical (unpaired) electrons. The smallest absolute Gasteiger partial charge is 0.253 e. The standard InChI is InChI=1S/C31H41N3O.BrH/c1-3-4-5-6-7-14-21-33-22-23-34(25(33)2)29-20-19-28(24-29)31(30(32)35,26-15-10-8-11-16-26)27-17-12-9-13-18-27;/h8-13,15-18,22-23,28-29H,3-7,14,19-21,24H2,1-2H3,(H-,32,35);1H. The lowest BCUT2D eigenvalue weighted by Crippen LogP contribution is -3.00. The molecule has 1 aliphatic rings. The van der Waals surface area contributed by atoms with Gasteiger partial charge in [0.15, 0.2) is 0 Å². The van der Waals surface area contributed by atoms with Crippen LogP contribution in [0.5, 0.6) is 0 Å². The van der Waals surface area contributed by atoms with Crippen molar-refractivity contribution in [1.82, 2.24) is 4.57 Å². The minimum Gasteiger partial charge on any atom is -1.00 e. The van der Waals surface area contributed by atoms with Crippen LogP contribution in [0.4, 0.5) is 0 Å². The average molecular weight is 553 g/mol. The summed E-state index contributed by atoms with van der Waals surface area (Å²) in [5, 5.41) is 0. The summed E-state index contributed by atoms with van der Waals surface area (Å²) in [5.41, 5.74) is 7.48. The van der Waals surface area contributed by atoms with Gasteiger partial charge < -0.3 is 22.7 Å². The number of hydrogen-bond acceptors (Lipinski definition) is 1. The van der Waals surface area contributed by atoms with Crippen LogP contribution in [0.15, 0.2) is 73.1 Å². The minimum atomic E-state index is -0.813. The van der Waals surface area contributed by atoms with Gasteiger partial charge in [0.2, 0.25) is 5.91 Å². The Morgan fingerprint density at radius 1 is 0.944 bits per heavy atom. The summed E-state index contributed by atoms with van der Waals surface area (Å²) in [7, 11) is 0. The van der Waals surface area contributed by atoms with Crippen molar-refractivity contribution >= 4 is 5.91 Å². The van der Waals surface area contributed by atoms with Crippen LogP contribution >= 0.6 is 0 Å². The van der Waals surface area contributed by atoms with E-state index in [9.17, 15) is 4.79 Å². The van der Waals surface area contributed by atoms with E-state index in [0.717, 1.165) is 36.9 Å². The van der Waals surface area contributed by atoms with Crippen molar-refractivity contribution in [2.75, 3.05) is 0 Å². The van der Waals surface area contributed by atoms with Gasteiger partial charge in [-0.05, 0) is 49.1 Å². The zero-order chi connectivity index (χ0) is 24.7. The highest BCUT2D eigenvalue weighted by atomic mass is 79.9. The first-order chi connectivity index (χ1) is 17.1. The van der Waals surface area contributed by atoms with E-state index < -0.39 is 5.41 Å². The predicted octanol–water partition coefficient (Wildman–Crippen LogP) is 3.26. The summed E-state index contributed by atoms with van der Waals surface area (Å²) < 4.78 is 4.85. The molecule has 5 heteroatoms. The van der Waals surface area contributed by atoms with Gasteiger partial charge in [-0.25, -0.2) is 9.13 Å². The molecule has 2 atom stereocenters. The monoisotopic (exact) mass is 551 g/mol. The maximum atomic E-state index is 13.3. The third-order valence-electron chi connectivity index (χ3n) is 8.21. The van der Waals surface area contributed by atoms with E-state index >= 15 is 0 Å². The molecule has 1 amide bonds. The fourth-order valence-electron chi connectivity index (χ4n) is 6.33. The van der Waals surface area contributed by atoms with Crippen molar-refractivity contribution < 1.29 is 26.3 Å². The molecule has 4 nitrogen and oxygen atoms in total. The molecule has 36 heavy (non-hydrogen) atoms. The van der Waals surface area contributed by atoms with Crippen molar-refractivity contribution in [2.24, 2.45) is 11.7 Å². The van der Waals surface area contributed by atoms with Crippen LogP contribution in [0.1, 0.15) is 87.7 Å². The number of nitrogens with zero attached hydrogens (tertiary/aromatic N) is 2. The van der Waals surface area contributed by atoms with Gasteiger partial charge in [-0.15, -0.1) is 0 Å². The molecule has 1 aromatic heterocycles. The molecule has 3 aromatic rings. The minimum absolute atomic E-state index is 0. The Labute approximate surface area is 227 Å². The lowest BCUT2D eigenvalue weighted by molar-refractivity contribution is -0.703. The first-order valence-corrected chi connectivity index (χ1v) is 13.6. The number of carbonyl (C=O) groups is 1. The van der Waals surface area contributed by atoms with Crippen LogP contribution in [-0.2, 0) is 16.8 Å². The molecule has 0 bridgehead atoms. The summed E-state index contributed by atoms with van der Waals surface area (Å²) in [6, 6.07) is 20.7. The van der Waals surface area contributed by atoms with Crippen molar-refractivity contribution in [3.8, 4) is 0 Å². The number of imidazole rings is 1. The van der Waals surface area contributed by atoms with E-state index in [4.69, 9.17) is 5.73 Å². The molecule has 2 N–H and O–H groups in total. The lowest BCUT2D eigenvalue weighted by atomic mass is 9.64. The number of aryl methyl sites for hydroxylation is 1. The van der Waals surface area contributed by atoms with Crippen molar-refractivity contribution in [1.29, 1.82) is 0 Å². The van der Waals surface area contributed by atoms with E-state index in [1.54, 1.807) is 0 Å². The quantitative estimate of drug-likeness (QED) is 0.272. The fourth-order valence-corrected chi connectivity index (χ4v) is 6.33. The number of benzene rings is 2. The first-order valence-electron chi connectivity index (χ1n) is 13.6. The molecule has 0 saturated heterocycles. The van der Waals surface area contributed by atoms with E-state index in [0.29, 0.717) is 6.04 Å². The number of amides is 1. The lowest BCUT2D eigenvalue weighted by Gasteiger charge is -2.37. The van der Waals surface area contributed by atoms with Gasteiger partial charge >= 0.3 is 0 Å². The van der Waals surface area contributed by atoms with Crippen LogP contribution in [0.3, 0.4) is 0 Å². The zero-order valence-corrected chi connectivity index (χ0v) is 23.5. The highest BCUT2D eigenvalue weighted by molar-refractivity contribution is 5.91. The molecule has 1 aliphatic carbocycles. The Kier molecular flexibility index (Phi) is 10.4. The molecular weight excluding hydrogens is 510 g/mol. The number of aromatic nitrogens is 2. The molecule has 0 spiro atoms. The summed E-state index contributed by atoms with van der Waals surface area (Å²) in [4.78, 5) is 13.3. The summed E-state index contributed by atoms with van der Waals surface area (Å²) in [5.74, 6) is 1.22. The number of nitrogens with two attached hydrogens (primary N) is 1. The molecule has 2 unspecified atom stereocenters. The molecular formula is C31H42BrN3O. The van der Waals surface area contributed by atoms with Crippen LogP contribution < -0.4 is 27.3 Å². The van der Waals surface area contributed by atoms with Gasteiger partial charge in [0.1, 0.15) is 23.9 Å². The third-order valence-corrected chi connectivity index (χ3v) is 8.21. The van der Waals surface area contributed by atoms with Gasteiger partial charge in [-0.3, -0.25) is 4.79 Å². The van der Waals surface area contributed by atoms with Crippen LogP contribution in [0.2, 0.25) is 0 Å². The molecule has 1 fully saturated rings. The Balaban J connectivity index is 0.00000361. The van der Waals surface area contributed by atoms with Crippen LogP contribution in [0.25, 0.3) is 0 Å². The van der Waals surface area contributed by atoms with E-state index in [-0.39, 0.29) is 28.8 Å². The number of carbonyl (C=O) groups excluding carboxylic acids is 1. The van der Waals surface area contributed by atoms with Crippen molar-refractivity contribution in [3.05, 3.63) is 90.0 Å². The topological polar surface area (TPSA) is 51.9 Å². The maximum absolute atomic E-state index is 13.3. The first kappa shape index (κ1) is 28.2.